The molecule has 2 aromatic rings. The summed E-state index contributed by atoms with van der Waals surface area (Å²) in [5, 5.41) is 10.6. The van der Waals surface area contributed by atoms with E-state index in [1.165, 1.54) is 21.6 Å². The fourth-order valence-corrected chi connectivity index (χ4v) is 3.03. The van der Waals surface area contributed by atoms with Crippen molar-refractivity contribution in [3.63, 3.8) is 0 Å². The largest absolute Gasteiger partial charge is 0.269 e. The quantitative estimate of drug-likeness (QED) is 0.603. The van der Waals surface area contributed by atoms with Crippen LogP contribution >= 0.6 is 11.8 Å². The van der Waals surface area contributed by atoms with Crippen LogP contribution in [0, 0.1) is 30.9 Å². The van der Waals surface area contributed by atoms with Crippen LogP contribution in [-0.4, -0.2) is 4.92 Å². The fourth-order valence-electron chi connectivity index (χ4n) is 2.08. The molecule has 0 aromatic heterocycles. The maximum Gasteiger partial charge on any atom is 0.269 e. The monoisotopic (exact) mass is 273 g/mol. The number of nitrogens with zero attached hydrogens (tertiary/aromatic N) is 1. The highest BCUT2D eigenvalue weighted by Crippen LogP contribution is 2.34. The van der Waals surface area contributed by atoms with Crippen molar-refractivity contribution in [2.45, 2.75) is 30.6 Å². The summed E-state index contributed by atoms with van der Waals surface area (Å²) in [5.41, 5.74) is 3.85. The lowest BCUT2D eigenvalue weighted by Gasteiger charge is -2.10. The van der Waals surface area contributed by atoms with Gasteiger partial charge in [-0.15, -0.1) is 0 Å². The lowest BCUT2D eigenvalue weighted by Crippen LogP contribution is -1.89. The van der Waals surface area contributed by atoms with Gasteiger partial charge in [0.25, 0.3) is 5.69 Å². The Labute approximate surface area is 116 Å². The molecule has 0 atom stereocenters. The van der Waals surface area contributed by atoms with Gasteiger partial charge < -0.3 is 0 Å². The third-order valence-electron chi connectivity index (χ3n) is 2.87. The standard InChI is InChI=1S/C15H15NO2S/c1-10-8-11(2)15(12(3)9-10)19-14-6-4-13(5-7-14)16(17)18/h4-9H,1-3H3. The van der Waals surface area contributed by atoms with Crippen LogP contribution in [0.15, 0.2) is 46.2 Å². The fraction of sp³-hybridized carbons (Fsp3) is 0.200. The molecule has 0 saturated heterocycles. The minimum Gasteiger partial charge on any atom is -0.258 e. The van der Waals surface area contributed by atoms with Gasteiger partial charge >= 0.3 is 0 Å². The van der Waals surface area contributed by atoms with Crippen molar-refractivity contribution in [3.8, 4) is 0 Å². The maximum atomic E-state index is 10.6. The van der Waals surface area contributed by atoms with Crippen LogP contribution < -0.4 is 0 Å². The second-order valence-electron chi connectivity index (χ2n) is 4.58. The molecule has 0 heterocycles. The van der Waals surface area contributed by atoms with E-state index < -0.39 is 0 Å². The SMILES string of the molecule is Cc1cc(C)c(Sc2ccc([N+](=O)[O-])cc2)c(C)c1. The summed E-state index contributed by atoms with van der Waals surface area (Å²) in [7, 11) is 0. The number of nitro groups is 1. The molecule has 0 aliphatic rings. The molecule has 0 unspecified atom stereocenters. The average Bonchev–Trinajstić information content (AvgIpc) is 2.34. The zero-order chi connectivity index (χ0) is 14.0. The Balaban J connectivity index is 2.29. The number of nitro benzene ring substituents is 1. The van der Waals surface area contributed by atoms with Gasteiger partial charge in [-0.3, -0.25) is 10.1 Å². The Kier molecular flexibility index (Phi) is 3.90. The number of rotatable bonds is 3. The van der Waals surface area contributed by atoms with Gasteiger partial charge in [0.15, 0.2) is 0 Å². The van der Waals surface area contributed by atoms with Crippen molar-refractivity contribution in [1.29, 1.82) is 0 Å². The Morgan fingerprint density at radius 3 is 2.00 bits per heavy atom. The lowest BCUT2D eigenvalue weighted by molar-refractivity contribution is -0.384. The van der Waals surface area contributed by atoms with Crippen molar-refractivity contribution in [1.82, 2.24) is 0 Å². The van der Waals surface area contributed by atoms with Gasteiger partial charge in [-0.25, -0.2) is 0 Å². The van der Waals surface area contributed by atoms with Crippen molar-refractivity contribution >= 4 is 17.4 Å². The molecule has 0 N–H and O–H groups in total. The Bertz CT molecular complexity index is 598. The molecule has 4 heteroatoms. The highest BCUT2D eigenvalue weighted by molar-refractivity contribution is 7.99. The zero-order valence-corrected chi connectivity index (χ0v) is 12.0. The molecule has 19 heavy (non-hydrogen) atoms. The molecular weight excluding hydrogens is 258 g/mol. The van der Waals surface area contributed by atoms with Crippen molar-refractivity contribution in [3.05, 3.63) is 63.2 Å². The topological polar surface area (TPSA) is 43.1 Å². The second kappa shape index (κ2) is 5.45. The van der Waals surface area contributed by atoms with E-state index in [1.807, 2.05) is 0 Å². The van der Waals surface area contributed by atoms with Crippen LogP contribution in [0.4, 0.5) is 5.69 Å². The molecule has 3 nitrogen and oxygen atoms in total. The molecule has 0 aliphatic carbocycles. The molecule has 98 valence electrons. The van der Waals surface area contributed by atoms with Crippen molar-refractivity contribution in [2.75, 3.05) is 0 Å². The Morgan fingerprint density at radius 2 is 1.53 bits per heavy atom. The lowest BCUT2D eigenvalue weighted by atomic mass is 10.1. The Morgan fingerprint density at radius 1 is 1.00 bits per heavy atom. The predicted molar refractivity (Wildman–Crippen MR) is 77.9 cm³/mol. The van der Waals surface area contributed by atoms with Gasteiger partial charge in [-0.1, -0.05) is 29.5 Å². The highest BCUT2D eigenvalue weighted by atomic mass is 32.2. The van der Waals surface area contributed by atoms with E-state index >= 15 is 0 Å². The summed E-state index contributed by atoms with van der Waals surface area (Å²) in [6, 6.07) is 11.0. The molecule has 0 aliphatic heterocycles. The van der Waals surface area contributed by atoms with Crippen LogP contribution in [0.25, 0.3) is 0 Å². The van der Waals surface area contributed by atoms with Gasteiger partial charge in [-0.05, 0) is 44.0 Å². The van der Waals surface area contributed by atoms with Gasteiger partial charge in [0.1, 0.15) is 0 Å². The molecule has 0 radical (unpaired) electrons. The molecule has 2 aromatic carbocycles. The maximum absolute atomic E-state index is 10.6. The van der Waals surface area contributed by atoms with E-state index in [9.17, 15) is 10.1 Å². The number of hydrogen-bond donors (Lipinski definition) is 0. The molecular formula is C15H15NO2S. The van der Waals surface area contributed by atoms with E-state index in [-0.39, 0.29) is 10.6 Å². The second-order valence-corrected chi connectivity index (χ2v) is 5.66. The first-order valence-electron chi connectivity index (χ1n) is 5.97. The summed E-state index contributed by atoms with van der Waals surface area (Å²) >= 11 is 1.65. The summed E-state index contributed by atoms with van der Waals surface area (Å²) in [5.74, 6) is 0. The molecule has 0 fully saturated rings. The number of non-ortho nitro benzene ring substituents is 1. The van der Waals surface area contributed by atoms with Gasteiger partial charge in [0.05, 0.1) is 4.92 Å². The number of aryl methyl sites for hydroxylation is 3. The summed E-state index contributed by atoms with van der Waals surface area (Å²) in [6.45, 7) is 6.27. The molecule has 0 bridgehead atoms. The van der Waals surface area contributed by atoms with Crippen LogP contribution in [0.3, 0.4) is 0 Å². The number of hydrogen-bond acceptors (Lipinski definition) is 3. The summed E-state index contributed by atoms with van der Waals surface area (Å²) in [6.07, 6.45) is 0. The first-order chi connectivity index (χ1) is 8.97. The van der Waals surface area contributed by atoms with Crippen LogP contribution in [0.2, 0.25) is 0 Å². The summed E-state index contributed by atoms with van der Waals surface area (Å²) in [4.78, 5) is 12.5. The van der Waals surface area contributed by atoms with Gasteiger partial charge in [0, 0.05) is 21.9 Å². The van der Waals surface area contributed by atoms with Gasteiger partial charge in [0.2, 0.25) is 0 Å². The van der Waals surface area contributed by atoms with Crippen LogP contribution in [0.5, 0.6) is 0 Å². The van der Waals surface area contributed by atoms with E-state index in [0.29, 0.717) is 0 Å². The molecule has 0 saturated carbocycles. The van der Waals surface area contributed by atoms with E-state index in [0.717, 1.165) is 4.90 Å². The summed E-state index contributed by atoms with van der Waals surface area (Å²) < 4.78 is 0. The van der Waals surface area contributed by atoms with Gasteiger partial charge in [-0.2, -0.15) is 0 Å². The van der Waals surface area contributed by atoms with Crippen molar-refractivity contribution in [2.24, 2.45) is 0 Å². The third kappa shape index (κ3) is 3.15. The third-order valence-corrected chi connectivity index (χ3v) is 4.23. The van der Waals surface area contributed by atoms with Crippen molar-refractivity contribution < 1.29 is 4.92 Å². The number of benzene rings is 2. The van der Waals surface area contributed by atoms with Crippen LogP contribution in [0.1, 0.15) is 16.7 Å². The zero-order valence-electron chi connectivity index (χ0n) is 11.1. The van der Waals surface area contributed by atoms with E-state index in [4.69, 9.17) is 0 Å². The Hall–Kier alpha value is -1.81. The average molecular weight is 273 g/mol. The minimum atomic E-state index is -0.378. The molecule has 0 spiro atoms. The highest BCUT2D eigenvalue weighted by Gasteiger charge is 2.08. The molecule has 2 rings (SSSR count). The van der Waals surface area contributed by atoms with Crippen LogP contribution in [-0.2, 0) is 0 Å². The minimum absolute atomic E-state index is 0.127. The first kappa shape index (κ1) is 13.6. The normalized spacial score (nSPS) is 10.5. The van der Waals surface area contributed by atoms with E-state index in [2.05, 4.69) is 32.9 Å². The smallest absolute Gasteiger partial charge is 0.258 e. The first-order valence-corrected chi connectivity index (χ1v) is 6.79. The molecule has 0 amide bonds. The predicted octanol–water partition coefficient (Wildman–Crippen LogP) is 4.67. The van der Waals surface area contributed by atoms with E-state index in [1.54, 1.807) is 36.0 Å².